The predicted molar refractivity (Wildman–Crippen MR) is 82.9 cm³/mol. The summed E-state index contributed by atoms with van der Waals surface area (Å²) in [4.78, 5) is 0. The maximum Gasteiger partial charge on any atom is 0.122 e. The molecule has 0 fully saturated rings. The Morgan fingerprint density at radius 2 is 1.95 bits per heavy atom. The molecule has 1 heterocycles. The normalized spacial score (nSPS) is 10.6. The van der Waals surface area contributed by atoms with Crippen LogP contribution < -0.4 is 10.1 Å². The van der Waals surface area contributed by atoms with Gasteiger partial charge in [0.1, 0.15) is 5.75 Å². The summed E-state index contributed by atoms with van der Waals surface area (Å²) in [6, 6.07) is 8.21. The van der Waals surface area contributed by atoms with Crippen LogP contribution in [0.4, 0.5) is 5.69 Å². The monoisotopic (exact) mass is 322 g/mol. The average Bonchev–Trinajstić information content (AvgIpc) is 2.63. The topological polar surface area (TPSA) is 26.2 Å². The van der Waals surface area contributed by atoms with E-state index in [1.165, 1.54) is 17.0 Å². The zero-order chi connectivity index (χ0) is 14.0. The van der Waals surface area contributed by atoms with Crippen LogP contribution in [-0.4, -0.2) is 11.7 Å². The molecule has 0 saturated carbocycles. The lowest BCUT2D eigenvalue weighted by Crippen LogP contribution is -2.01. The van der Waals surface area contributed by atoms with Gasteiger partial charge in [0.15, 0.2) is 0 Å². The molecule has 0 aliphatic rings. The van der Waals surface area contributed by atoms with E-state index in [2.05, 4.69) is 52.8 Å². The first kappa shape index (κ1) is 14.0. The molecule has 19 heavy (non-hydrogen) atoms. The second-order valence-electron chi connectivity index (χ2n) is 4.69. The van der Waals surface area contributed by atoms with Crippen LogP contribution in [0.15, 0.2) is 28.7 Å². The third-order valence-electron chi connectivity index (χ3n) is 3.47. The van der Waals surface area contributed by atoms with Crippen molar-refractivity contribution in [2.24, 2.45) is 7.05 Å². The van der Waals surface area contributed by atoms with Crippen molar-refractivity contribution in [1.82, 2.24) is 4.57 Å². The zero-order valence-corrected chi connectivity index (χ0v) is 13.3. The fourth-order valence-corrected chi connectivity index (χ4v) is 2.56. The van der Waals surface area contributed by atoms with Gasteiger partial charge < -0.3 is 14.6 Å². The Labute approximate surface area is 122 Å². The van der Waals surface area contributed by atoms with Crippen molar-refractivity contribution >= 4 is 21.6 Å². The van der Waals surface area contributed by atoms with Gasteiger partial charge >= 0.3 is 0 Å². The molecular formula is C15H19BrN2O. The highest BCUT2D eigenvalue weighted by Crippen LogP contribution is 2.25. The van der Waals surface area contributed by atoms with Gasteiger partial charge in [-0.1, -0.05) is 15.9 Å². The van der Waals surface area contributed by atoms with E-state index in [-0.39, 0.29) is 0 Å². The van der Waals surface area contributed by atoms with Crippen molar-refractivity contribution in [3.05, 3.63) is 45.7 Å². The largest absolute Gasteiger partial charge is 0.497 e. The van der Waals surface area contributed by atoms with Crippen LogP contribution in [0.1, 0.15) is 17.0 Å². The Bertz CT molecular complexity index is 590. The first-order valence-electron chi connectivity index (χ1n) is 6.21. The standard InChI is InChI=1S/C15H19BrN2O/c1-10-5-12(11(2)18(10)3)9-17-14-6-13(16)7-15(8-14)19-4/h5-8,17H,9H2,1-4H3. The summed E-state index contributed by atoms with van der Waals surface area (Å²) in [6.07, 6.45) is 0. The highest BCUT2D eigenvalue weighted by Gasteiger charge is 2.06. The minimum Gasteiger partial charge on any atom is -0.497 e. The Hall–Kier alpha value is -1.42. The van der Waals surface area contributed by atoms with Gasteiger partial charge in [0.05, 0.1) is 7.11 Å². The lowest BCUT2D eigenvalue weighted by atomic mass is 10.2. The van der Waals surface area contributed by atoms with E-state index < -0.39 is 0 Å². The predicted octanol–water partition coefficient (Wildman–Crippen LogP) is 4.03. The Morgan fingerprint density at radius 1 is 1.21 bits per heavy atom. The van der Waals surface area contributed by atoms with Gasteiger partial charge in [-0.3, -0.25) is 0 Å². The summed E-state index contributed by atoms with van der Waals surface area (Å²) >= 11 is 3.49. The van der Waals surface area contributed by atoms with Gasteiger partial charge in [-0.2, -0.15) is 0 Å². The van der Waals surface area contributed by atoms with Crippen LogP contribution in [0, 0.1) is 13.8 Å². The quantitative estimate of drug-likeness (QED) is 0.919. The van der Waals surface area contributed by atoms with E-state index in [0.717, 1.165) is 22.5 Å². The molecule has 0 unspecified atom stereocenters. The van der Waals surface area contributed by atoms with E-state index in [9.17, 15) is 0 Å². The van der Waals surface area contributed by atoms with Gasteiger partial charge in [0, 0.05) is 41.2 Å². The number of nitrogens with one attached hydrogen (secondary N) is 1. The number of anilines is 1. The molecule has 0 saturated heterocycles. The summed E-state index contributed by atoms with van der Waals surface area (Å²) < 4.78 is 8.48. The SMILES string of the molecule is COc1cc(Br)cc(NCc2cc(C)n(C)c2C)c1. The van der Waals surface area contributed by atoms with E-state index in [4.69, 9.17) is 4.74 Å². The van der Waals surface area contributed by atoms with E-state index in [1.807, 2.05) is 18.2 Å². The first-order valence-corrected chi connectivity index (χ1v) is 7.01. The number of benzene rings is 1. The Morgan fingerprint density at radius 3 is 2.53 bits per heavy atom. The second-order valence-corrected chi connectivity index (χ2v) is 5.60. The van der Waals surface area contributed by atoms with Crippen molar-refractivity contribution in [1.29, 1.82) is 0 Å². The molecule has 2 rings (SSSR count). The fraction of sp³-hybridized carbons (Fsp3) is 0.333. The highest BCUT2D eigenvalue weighted by molar-refractivity contribution is 9.10. The molecule has 0 atom stereocenters. The number of rotatable bonds is 4. The van der Waals surface area contributed by atoms with Gasteiger partial charge in [0.25, 0.3) is 0 Å². The van der Waals surface area contributed by atoms with Crippen molar-refractivity contribution in [3.63, 3.8) is 0 Å². The average molecular weight is 323 g/mol. The molecular weight excluding hydrogens is 304 g/mol. The molecule has 0 aliphatic carbocycles. The first-order chi connectivity index (χ1) is 9.01. The molecule has 0 bridgehead atoms. The van der Waals surface area contributed by atoms with Crippen molar-refractivity contribution in [2.45, 2.75) is 20.4 Å². The molecule has 0 radical (unpaired) electrons. The molecule has 2 aromatic rings. The van der Waals surface area contributed by atoms with E-state index in [0.29, 0.717) is 0 Å². The number of nitrogens with zero attached hydrogens (tertiary/aromatic N) is 1. The molecule has 0 aliphatic heterocycles. The molecule has 102 valence electrons. The van der Waals surface area contributed by atoms with Crippen molar-refractivity contribution < 1.29 is 4.74 Å². The van der Waals surface area contributed by atoms with Gasteiger partial charge in [-0.05, 0) is 37.6 Å². The molecule has 1 aromatic heterocycles. The summed E-state index contributed by atoms with van der Waals surface area (Å²) in [5.41, 5.74) is 4.94. The lowest BCUT2D eigenvalue weighted by Gasteiger charge is -2.09. The number of ether oxygens (including phenoxy) is 1. The number of aryl methyl sites for hydroxylation is 1. The van der Waals surface area contributed by atoms with Crippen LogP contribution in [0.2, 0.25) is 0 Å². The lowest BCUT2D eigenvalue weighted by molar-refractivity contribution is 0.414. The summed E-state index contributed by atoms with van der Waals surface area (Å²) in [7, 11) is 3.77. The smallest absolute Gasteiger partial charge is 0.122 e. The highest BCUT2D eigenvalue weighted by atomic mass is 79.9. The van der Waals surface area contributed by atoms with Crippen molar-refractivity contribution in [2.75, 3.05) is 12.4 Å². The van der Waals surface area contributed by atoms with E-state index in [1.54, 1.807) is 7.11 Å². The number of hydrogen-bond acceptors (Lipinski definition) is 2. The van der Waals surface area contributed by atoms with E-state index >= 15 is 0 Å². The number of methoxy groups -OCH3 is 1. The van der Waals surface area contributed by atoms with Crippen LogP contribution in [-0.2, 0) is 13.6 Å². The molecule has 3 nitrogen and oxygen atoms in total. The molecule has 0 amide bonds. The van der Waals surface area contributed by atoms with Gasteiger partial charge in [-0.25, -0.2) is 0 Å². The van der Waals surface area contributed by atoms with Crippen LogP contribution >= 0.6 is 15.9 Å². The number of aromatic nitrogens is 1. The maximum absolute atomic E-state index is 5.26. The molecule has 4 heteroatoms. The zero-order valence-electron chi connectivity index (χ0n) is 11.7. The van der Waals surface area contributed by atoms with Crippen molar-refractivity contribution in [3.8, 4) is 5.75 Å². The molecule has 1 N–H and O–H groups in total. The Balaban J connectivity index is 2.14. The van der Waals surface area contributed by atoms with Crippen LogP contribution in [0.25, 0.3) is 0 Å². The van der Waals surface area contributed by atoms with Gasteiger partial charge in [0.2, 0.25) is 0 Å². The number of hydrogen-bond donors (Lipinski definition) is 1. The minimum atomic E-state index is 0.813. The number of halogens is 1. The minimum absolute atomic E-state index is 0.813. The molecule has 0 spiro atoms. The summed E-state index contributed by atoms with van der Waals surface area (Å²) in [5.74, 6) is 0.845. The Kier molecular flexibility index (Phi) is 4.20. The molecule has 1 aromatic carbocycles. The van der Waals surface area contributed by atoms with Crippen LogP contribution in [0.3, 0.4) is 0 Å². The second kappa shape index (κ2) is 5.70. The third kappa shape index (κ3) is 3.13. The van der Waals surface area contributed by atoms with Crippen LogP contribution in [0.5, 0.6) is 5.75 Å². The third-order valence-corrected chi connectivity index (χ3v) is 3.93. The summed E-state index contributed by atoms with van der Waals surface area (Å²) in [5, 5.41) is 3.43. The summed E-state index contributed by atoms with van der Waals surface area (Å²) in [6.45, 7) is 5.08. The van der Waals surface area contributed by atoms with Gasteiger partial charge in [-0.15, -0.1) is 0 Å². The fourth-order valence-electron chi connectivity index (χ4n) is 2.09. The maximum atomic E-state index is 5.26.